The topological polar surface area (TPSA) is 69.7 Å². The molecule has 5 rings (SSSR count). The number of Topliss-reactive ketones (excluding diaryl/α,β-unsaturated/α-hetero) is 2. The van der Waals surface area contributed by atoms with Gasteiger partial charge in [0, 0.05) is 41.5 Å². The van der Waals surface area contributed by atoms with E-state index in [0.29, 0.717) is 47.3 Å². The zero-order chi connectivity index (χ0) is 26.9. The van der Waals surface area contributed by atoms with Gasteiger partial charge in [0.25, 0.3) is 0 Å². The molecule has 6 heteroatoms. The predicted octanol–water partition coefficient (Wildman–Crippen LogP) is 6.67. The first-order valence-corrected chi connectivity index (χ1v) is 15.5. The molecule has 0 spiro atoms. The smallest absolute Gasteiger partial charge is 0.302 e. The number of allylic oxidation sites excluding steroid dienone is 2. The molecule has 0 N–H and O–H groups in total. The lowest BCUT2D eigenvalue weighted by Crippen LogP contribution is -2.57. The van der Waals surface area contributed by atoms with Gasteiger partial charge in [-0.15, -0.1) is 0 Å². The number of ketones is 2. The Labute approximate surface area is 231 Å². The van der Waals surface area contributed by atoms with Gasteiger partial charge < -0.3 is 9.47 Å². The Morgan fingerprint density at radius 1 is 1.05 bits per heavy atom. The van der Waals surface area contributed by atoms with Gasteiger partial charge >= 0.3 is 5.97 Å². The second kappa shape index (κ2) is 9.78. The molecular weight excluding hydrogens is 532 g/mol. The van der Waals surface area contributed by atoms with E-state index in [1.165, 1.54) is 6.92 Å². The van der Waals surface area contributed by atoms with Crippen molar-refractivity contribution in [2.45, 2.75) is 104 Å². The number of carbonyl (C=O) groups is 3. The molecule has 206 valence electrons. The molecule has 1 aliphatic heterocycles. The maximum absolute atomic E-state index is 13.6. The second-order valence-electron chi connectivity index (χ2n) is 13.7. The van der Waals surface area contributed by atoms with Crippen molar-refractivity contribution < 1.29 is 23.9 Å². The van der Waals surface area contributed by atoms with Crippen LogP contribution >= 0.6 is 15.9 Å². The third kappa shape index (κ3) is 4.45. The largest absolute Gasteiger partial charge is 0.497 e. The molecule has 0 saturated heterocycles. The molecule has 4 aliphatic carbocycles. The number of ether oxygens (including phenoxy) is 2. The first-order chi connectivity index (χ1) is 17.4. The van der Waals surface area contributed by atoms with Crippen molar-refractivity contribution in [3.05, 3.63) is 11.3 Å². The fraction of sp³-hybridized carbons (Fsp3) is 0.839. The number of fused-ring (bicyclic) bond motifs is 5. The van der Waals surface area contributed by atoms with Crippen LogP contribution in [0.25, 0.3) is 0 Å². The van der Waals surface area contributed by atoms with Crippen molar-refractivity contribution in [1.29, 1.82) is 0 Å². The molecule has 0 unspecified atom stereocenters. The maximum atomic E-state index is 13.6. The minimum Gasteiger partial charge on any atom is -0.497 e. The van der Waals surface area contributed by atoms with Crippen molar-refractivity contribution in [1.82, 2.24) is 0 Å². The molecule has 0 aromatic carbocycles. The molecule has 1 heterocycles. The highest BCUT2D eigenvalue weighted by Crippen LogP contribution is 2.68. The molecule has 5 aliphatic rings. The summed E-state index contributed by atoms with van der Waals surface area (Å²) in [5.74, 6) is 2.84. The Balaban J connectivity index is 1.51. The molecule has 4 fully saturated rings. The Morgan fingerprint density at radius 2 is 1.76 bits per heavy atom. The molecule has 11 atom stereocenters. The number of rotatable bonds is 4. The molecule has 4 saturated carbocycles. The SMILES string of the molecule is CC(=O)O[C@H]1C[C@H]2[C@@H]3CC(=O)[C@H]4C[C@@H](Br)CC[C@]4(C)[C@H]3CC[C@]2(C)[C@H]1[C@H](C)C1=C(C(C)=O)C[C@@H](C)CO1. The molecule has 5 nitrogen and oxygen atoms in total. The third-order valence-electron chi connectivity index (χ3n) is 11.5. The standard InChI is InChI=1S/C31H45BrO5/c1-16-11-21(18(3)33)29(36-15-16)17(2)28-27(37-19(4)34)14-24-22-13-26(35)25-12-20(32)7-9-30(25,5)23(22)8-10-31(24,28)6/h16-17,20,22-25,27-28H,7-15H2,1-6H3/t16-,17+,20+,22-,23+,24+,25-,27+,28+,30-,31+/m1/s1. The van der Waals surface area contributed by atoms with Crippen LogP contribution in [-0.2, 0) is 23.9 Å². The fourth-order valence-electron chi connectivity index (χ4n) is 9.96. The molecule has 0 aromatic rings. The predicted molar refractivity (Wildman–Crippen MR) is 146 cm³/mol. The van der Waals surface area contributed by atoms with Crippen LogP contribution in [0.15, 0.2) is 11.3 Å². The Kier molecular flexibility index (Phi) is 7.25. The lowest BCUT2D eigenvalue weighted by atomic mass is 9.44. The Bertz CT molecular complexity index is 1000. The van der Waals surface area contributed by atoms with E-state index in [4.69, 9.17) is 9.47 Å². The lowest BCUT2D eigenvalue weighted by molar-refractivity contribution is -0.154. The van der Waals surface area contributed by atoms with Gasteiger partial charge in [-0.3, -0.25) is 14.4 Å². The third-order valence-corrected chi connectivity index (χ3v) is 12.4. The minimum absolute atomic E-state index is 0.0197. The van der Waals surface area contributed by atoms with Crippen molar-refractivity contribution in [2.75, 3.05) is 6.61 Å². The minimum atomic E-state index is -0.248. The van der Waals surface area contributed by atoms with Gasteiger partial charge in [0.15, 0.2) is 5.78 Å². The summed E-state index contributed by atoms with van der Waals surface area (Å²) in [5, 5.41) is 0. The summed E-state index contributed by atoms with van der Waals surface area (Å²) < 4.78 is 12.4. The molecule has 0 bridgehead atoms. The summed E-state index contributed by atoms with van der Waals surface area (Å²) >= 11 is 3.81. The average Bonchev–Trinajstić information content (AvgIpc) is 3.11. The van der Waals surface area contributed by atoms with Crippen molar-refractivity contribution in [3.63, 3.8) is 0 Å². The van der Waals surface area contributed by atoms with E-state index in [2.05, 4.69) is 43.6 Å². The van der Waals surface area contributed by atoms with Crippen LogP contribution in [0, 0.1) is 52.3 Å². The second-order valence-corrected chi connectivity index (χ2v) is 15.0. The zero-order valence-corrected chi connectivity index (χ0v) is 25.1. The van der Waals surface area contributed by atoms with Crippen LogP contribution in [0.3, 0.4) is 0 Å². The molecule has 0 aromatic heterocycles. The number of alkyl halides is 1. The van der Waals surface area contributed by atoms with Crippen LogP contribution < -0.4 is 0 Å². The monoisotopic (exact) mass is 576 g/mol. The van der Waals surface area contributed by atoms with Gasteiger partial charge in [-0.2, -0.15) is 0 Å². The molecule has 0 radical (unpaired) electrons. The van der Waals surface area contributed by atoms with Crippen LogP contribution in [0.4, 0.5) is 0 Å². The maximum Gasteiger partial charge on any atom is 0.302 e. The first kappa shape index (κ1) is 27.4. The highest BCUT2D eigenvalue weighted by Gasteiger charge is 2.65. The van der Waals surface area contributed by atoms with Crippen LogP contribution in [-0.4, -0.2) is 35.1 Å². The highest BCUT2D eigenvalue weighted by molar-refractivity contribution is 9.09. The van der Waals surface area contributed by atoms with Crippen LogP contribution in [0.2, 0.25) is 0 Å². The van der Waals surface area contributed by atoms with Gasteiger partial charge in [0.1, 0.15) is 17.6 Å². The Hall–Kier alpha value is -1.17. The van der Waals surface area contributed by atoms with Gasteiger partial charge in [0.05, 0.1) is 6.61 Å². The number of esters is 1. The van der Waals surface area contributed by atoms with Crippen molar-refractivity contribution in [3.8, 4) is 0 Å². The number of carbonyl (C=O) groups excluding carboxylic acids is 3. The zero-order valence-electron chi connectivity index (χ0n) is 23.5. The molecule has 0 amide bonds. The first-order valence-electron chi connectivity index (χ1n) is 14.6. The normalized spacial score (nSPS) is 46.3. The van der Waals surface area contributed by atoms with E-state index in [0.717, 1.165) is 56.3 Å². The summed E-state index contributed by atoms with van der Waals surface area (Å²) in [5.41, 5.74) is 0.806. The van der Waals surface area contributed by atoms with Gasteiger partial charge in [-0.05, 0) is 86.4 Å². The van der Waals surface area contributed by atoms with E-state index in [-0.39, 0.29) is 46.4 Å². The average molecular weight is 578 g/mol. The van der Waals surface area contributed by atoms with Gasteiger partial charge in [-0.1, -0.05) is 43.6 Å². The highest BCUT2D eigenvalue weighted by atomic mass is 79.9. The van der Waals surface area contributed by atoms with Crippen LogP contribution in [0.1, 0.15) is 92.9 Å². The van der Waals surface area contributed by atoms with E-state index in [1.807, 2.05) is 0 Å². The van der Waals surface area contributed by atoms with E-state index >= 15 is 0 Å². The van der Waals surface area contributed by atoms with Crippen molar-refractivity contribution in [2.24, 2.45) is 52.3 Å². The van der Waals surface area contributed by atoms with Gasteiger partial charge in [-0.25, -0.2) is 0 Å². The van der Waals surface area contributed by atoms with Gasteiger partial charge in [0.2, 0.25) is 0 Å². The van der Waals surface area contributed by atoms with Crippen LogP contribution in [0.5, 0.6) is 0 Å². The van der Waals surface area contributed by atoms with E-state index < -0.39 is 0 Å². The van der Waals surface area contributed by atoms with Crippen molar-refractivity contribution >= 4 is 33.5 Å². The fourth-order valence-corrected chi connectivity index (χ4v) is 10.6. The number of hydrogen-bond acceptors (Lipinski definition) is 5. The Morgan fingerprint density at radius 3 is 2.43 bits per heavy atom. The summed E-state index contributed by atoms with van der Waals surface area (Å²) in [7, 11) is 0. The number of halogens is 1. The van der Waals surface area contributed by atoms with E-state index in [1.54, 1.807) is 6.92 Å². The summed E-state index contributed by atoms with van der Waals surface area (Å²) in [6, 6.07) is 0. The number of hydrogen-bond donors (Lipinski definition) is 0. The summed E-state index contributed by atoms with van der Waals surface area (Å²) in [6.07, 6.45) is 7.40. The quantitative estimate of drug-likeness (QED) is 0.276. The summed E-state index contributed by atoms with van der Waals surface area (Å²) in [4.78, 5) is 39.0. The van der Waals surface area contributed by atoms with E-state index in [9.17, 15) is 14.4 Å². The molecule has 37 heavy (non-hydrogen) atoms. The molecular formula is C31H45BrO5. The summed E-state index contributed by atoms with van der Waals surface area (Å²) in [6.45, 7) is 12.8. The lowest BCUT2D eigenvalue weighted by Gasteiger charge is -2.60.